The van der Waals surface area contributed by atoms with Gasteiger partial charge in [0.25, 0.3) is 0 Å². The van der Waals surface area contributed by atoms with Crippen LogP contribution in [0.25, 0.3) is 0 Å². The Morgan fingerprint density at radius 3 is 2.74 bits per heavy atom. The van der Waals surface area contributed by atoms with Crippen molar-refractivity contribution < 1.29 is 13.6 Å². The largest absolute Gasteiger partial charge is 0.468 e. The van der Waals surface area contributed by atoms with E-state index < -0.39 is 0 Å². The average molecular weight is 261 g/mol. The second-order valence-corrected chi connectivity index (χ2v) is 4.56. The lowest BCUT2D eigenvalue weighted by molar-refractivity contribution is -0.119. The first-order chi connectivity index (χ1) is 9.15. The van der Waals surface area contributed by atoms with Gasteiger partial charge in [-0.3, -0.25) is 9.69 Å². The molecule has 2 rings (SSSR count). The van der Waals surface area contributed by atoms with Crippen molar-refractivity contribution in [2.45, 2.75) is 13.0 Å². The summed E-state index contributed by atoms with van der Waals surface area (Å²) in [5.74, 6) is 0.463. The zero-order valence-corrected chi connectivity index (χ0v) is 10.8. The van der Waals surface area contributed by atoms with Gasteiger partial charge in [-0.2, -0.15) is 0 Å². The molecular weight excluding hydrogens is 245 g/mol. The molecule has 0 atom stereocenters. The van der Waals surface area contributed by atoms with Crippen molar-refractivity contribution in [2.24, 2.45) is 0 Å². The van der Waals surface area contributed by atoms with E-state index in [0.717, 1.165) is 5.76 Å². The molecule has 0 aliphatic carbocycles. The molecule has 0 saturated carbocycles. The maximum absolute atomic E-state index is 13.4. The van der Waals surface area contributed by atoms with E-state index in [-0.39, 0.29) is 24.6 Å². The lowest BCUT2D eigenvalue weighted by Crippen LogP contribution is -2.26. The van der Waals surface area contributed by atoms with Crippen LogP contribution in [0.1, 0.15) is 11.3 Å². The predicted molar refractivity (Wildman–Crippen MR) is 70.2 cm³/mol. The fraction of sp³-hybridized carbons (Fsp3) is 0.267. The standard InChI is InChI=1S/C15H16FNO2/c1-17(11-14-6-4-8-19-14)10-13(18)9-12-5-2-3-7-15(12)16/h2-8H,9-11H2,1H3. The van der Waals surface area contributed by atoms with Crippen LogP contribution < -0.4 is 0 Å². The number of benzene rings is 1. The lowest BCUT2D eigenvalue weighted by Gasteiger charge is -2.14. The molecule has 0 unspecified atom stereocenters. The second kappa shape index (κ2) is 6.29. The summed E-state index contributed by atoms with van der Waals surface area (Å²) in [5.41, 5.74) is 0.443. The van der Waals surface area contributed by atoms with E-state index in [1.165, 1.54) is 6.07 Å². The Bertz CT molecular complexity index is 537. The molecule has 1 aromatic heterocycles. The molecule has 0 aliphatic heterocycles. The minimum atomic E-state index is -0.329. The van der Waals surface area contributed by atoms with E-state index >= 15 is 0 Å². The highest BCUT2D eigenvalue weighted by Crippen LogP contribution is 2.08. The van der Waals surface area contributed by atoms with Crippen LogP contribution in [0.15, 0.2) is 47.1 Å². The van der Waals surface area contributed by atoms with Gasteiger partial charge in [-0.25, -0.2) is 4.39 Å². The highest BCUT2D eigenvalue weighted by atomic mass is 19.1. The third-order valence-electron chi connectivity index (χ3n) is 2.80. The van der Waals surface area contributed by atoms with Crippen molar-refractivity contribution in [3.05, 3.63) is 59.8 Å². The molecule has 1 aromatic carbocycles. The smallest absolute Gasteiger partial charge is 0.151 e. The highest BCUT2D eigenvalue weighted by Gasteiger charge is 2.11. The minimum Gasteiger partial charge on any atom is -0.468 e. The summed E-state index contributed by atoms with van der Waals surface area (Å²) in [7, 11) is 1.84. The number of carbonyl (C=O) groups is 1. The van der Waals surface area contributed by atoms with Gasteiger partial charge in [-0.05, 0) is 30.8 Å². The molecule has 2 aromatic rings. The summed E-state index contributed by atoms with van der Waals surface area (Å²) < 4.78 is 18.6. The van der Waals surface area contributed by atoms with Gasteiger partial charge in [-0.1, -0.05) is 18.2 Å². The van der Waals surface area contributed by atoms with E-state index in [0.29, 0.717) is 12.1 Å². The molecule has 3 nitrogen and oxygen atoms in total. The number of nitrogens with zero attached hydrogens (tertiary/aromatic N) is 1. The molecule has 4 heteroatoms. The molecule has 0 bridgehead atoms. The zero-order valence-electron chi connectivity index (χ0n) is 10.8. The SMILES string of the molecule is CN(CC(=O)Cc1ccccc1F)Cc1ccco1. The van der Waals surface area contributed by atoms with Crippen molar-refractivity contribution in [1.29, 1.82) is 0 Å². The number of Topliss-reactive ketones (excluding diaryl/α,β-unsaturated/α-hetero) is 1. The Morgan fingerprint density at radius 2 is 2.05 bits per heavy atom. The number of rotatable bonds is 6. The Labute approximate surface area is 111 Å². The van der Waals surface area contributed by atoms with Crippen molar-refractivity contribution in [3.63, 3.8) is 0 Å². The van der Waals surface area contributed by atoms with Crippen LogP contribution in [0.3, 0.4) is 0 Å². The topological polar surface area (TPSA) is 33.5 Å². The molecule has 1 heterocycles. The predicted octanol–water partition coefficient (Wildman–Crippen LogP) is 2.66. The molecule has 0 fully saturated rings. The van der Waals surface area contributed by atoms with Crippen molar-refractivity contribution in [1.82, 2.24) is 4.90 Å². The second-order valence-electron chi connectivity index (χ2n) is 4.56. The Hall–Kier alpha value is -1.94. The zero-order chi connectivity index (χ0) is 13.7. The van der Waals surface area contributed by atoms with Crippen LogP contribution in [0.4, 0.5) is 4.39 Å². The number of hydrogen-bond donors (Lipinski definition) is 0. The van der Waals surface area contributed by atoms with Gasteiger partial charge in [0.1, 0.15) is 11.6 Å². The van der Waals surface area contributed by atoms with E-state index in [1.807, 2.05) is 24.1 Å². The van der Waals surface area contributed by atoms with Gasteiger partial charge < -0.3 is 4.42 Å². The lowest BCUT2D eigenvalue weighted by atomic mass is 10.1. The van der Waals surface area contributed by atoms with Gasteiger partial charge in [-0.15, -0.1) is 0 Å². The summed E-state index contributed by atoms with van der Waals surface area (Å²) in [5, 5.41) is 0. The van der Waals surface area contributed by atoms with Gasteiger partial charge in [0.2, 0.25) is 0 Å². The van der Waals surface area contributed by atoms with Crippen molar-refractivity contribution in [2.75, 3.05) is 13.6 Å². The maximum Gasteiger partial charge on any atom is 0.151 e. The number of hydrogen-bond acceptors (Lipinski definition) is 3. The third kappa shape index (κ3) is 4.03. The number of furan rings is 1. The van der Waals surface area contributed by atoms with Crippen LogP contribution in [-0.4, -0.2) is 24.3 Å². The Balaban J connectivity index is 1.86. The van der Waals surface area contributed by atoms with Gasteiger partial charge in [0, 0.05) is 6.42 Å². The number of ketones is 1. The molecule has 0 saturated heterocycles. The highest BCUT2D eigenvalue weighted by molar-refractivity contribution is 5.82. The summed E-state index contributed by atoms with van der Waals surface area (Å²) in [6.07, 6.45) is 1.72. The van der Waals surface area contributed by atoms with Crippen LogP contribution >= 0.6 is 0 Å². The fourth-order valence-corrected chi connectivity index (χ4v) is 1.94. The first-order valence-corrected chi connectivity index (χ1v) is 6.11. The maximum atomic E-state index is 13.4. The number of likely N-dealkylation sites (N-methyl/N-ethyl adjacent to an activating group) is 1. The quantitative estimate of drug-likeness (QED) is 0.801. The average Bonchev–Trinajstić information content (AvgIpc) is 2.84. The summed E-state index contributed by atoms with van der Waals surface area (Å²) in [6.45, 7) is 0.838. The van der Waals surface area contributed by atoms with E-state index in [9.17, 15) is 9.18 Å². The summed E-state index contributed by atoms with van der Waals surface area (Å²) >= 11 is 0. The normalized spacial score (nSPS) is 10.9. The van der Waals surface area contributed by atoms with Gasteiger partial charge >= 0.3 is 0 Å². The first kappa shape index (κ1) is 13.5. The van der Waals surface area contributed by atoms with Crippen LogP contribution in [0.5, 0.6) is 0 Å². The van der Waals surface area contributed by atoms with Crippen molar-refractivity contribution >= 4 is 5.78 Å². The molecule has 0 aliphatic rings. The van der Waals surface area contributed by atoms with E-state index in [2.05, 4.69) is 0 Å². The van der Waals surface area contributed by atoms with Crippen LogP contribution in [0.2, 0.25) is 0 Å². The summed E-state index contributed by atoms with van der Waals surface area (Å²) in [4.78, 5) is 13.7. The molecular formula is C15H16FNO2. The minimum absolute atomic E-state index is 0.0147. The van der Waals surface area contributed by atoms with Gasteiger partial charge in [0.15, 0.2) is 5.78 Å². The van der Waals surface area contributed by atoms with E-state index in [1.54, 1.807) is 24.5 Å². The molecule has 0 spiro atoms. The first-order valence-electron chi connectivity index (χ1n) is 6.11. The van der Waals surface area contributed by atoms with E-state index in [4.69, 9.17) is 4.42 Å². The van der Waals surface area contributed by atoms with Crippen molar-refractivity contribution in [3.8, 4) is 0 Å². The number of halogens is 1. The van der Waals surface area contributed by atoms with Crippen LogP contribution in [-0.2, 0) is 17.8 Å². The summed E-state index contributed by atoms with van der Waals surface area (Å²) in [6, 6.07) is 10.0. The van der Waals surface area contributed by atoms with Crippen LogP contribution in [0, 0.1) is 5.82 Å². The molecule has 0 N–H and O–H groups in total. The Kier molecular flexibility index (Phi) is 4.47. The Morgan fingerprint density at radius 1 is 1.26 bits per heavy atom. The molecule has 0 amide bonds. The molecule has 0 radical (unpaired) electrons. The van der Waals surface area contributed by atoms with Gasteiger partial charge in [0.05, 0.1) is 19.4 Å². The fourth-order valence-electron chi connectivity index (χ4n) is 1.94. The number of carbonyl (C=O) groups excluding carboxylic acids is 1. The molecule has 19 heavy (non-hydrogen) atoms. The molecule has 100 valence electrons. The monoisotopic (exact) mass is 261 g/mol. The third-order valence-corrected chi connectivity index (χ3v) is 2.80.